The maximum Gasteiger partial charge on any atom is 0.138 e. The fourth-order valence-corrected chi connectivity index (χ4v) is 1.49. The van der Waals surface area contributed by atoms with Gasteiger partial charge in [-0.2, -0.15) is 5.10 Å². The minimum Gasteiger partial charge on any atom is -0.393 e. The molecule has 0 aliphatic heterocycles. The Kier molecular flexibility index (Phi) is 6.03. The van der Waals surface area contributed by atoms with Crippen LogP contribution in [0.5, 0.6) is 0 Å². The van der Waals surface area contributed by atoms with Crippen molar-refractivity contribution in [3.63, 3.8) is 0 Å². The Labute approximate surface area is 96.5 Å². The summed E-state index contributed by atoms with van der Waals surface area (Å²) < 4.78 is 7.13. The molecule has 0 saturated heterocycles. The SMILES string of the molecule is CCCOCCC(O)Cc1ncnn1CC. The van der Waals surface area contributed by atoms with Crippen LogP contribution < -0.4 is 0 Å². The molecule has 1 heterocycles. The summed E-state index contributed by atoms with van der Waals surface area (Å²) in [6.07, 6.45) is 3.34. The van der Waals surface area contributed by atoms with Gasteiger partial charge < -0.3 is 9.84 Å². The van der Waals surface area contributed by atoms with Crippen LogP contribution in [0.2, 0.25) is 0 Å². The number of aromatic nitrogens is 3. The maximum absolute atomic E-state index is 9.78. The molecule has 1 aromatic rings. The molecular weight excluding hydrogens is 206 g/mol. The number of aliphatic hydroxyl groups excluding tert-OH is 1. The summed E-state index contributed by atoms with van der Waals surface area (Å²) in [4.78, 5) is 4.12. The van der Waals surface area contributed by atoms with Gasteiger partial charge >= 0.3 is 0 Å². The summed E-state index contributed by atoms with van der Waals surface area (Å²) >= 11 is 0. The summed E-state index contributed by atoms with van der Waals surface area (Å²) in [7, 11) is 0. The fourth-order valence-electron chi connectivity index (χ4n) is 1.49. The topological polar surface area (TPSA) is 60.2 Å². The average molecular weight is 227 g/mol. The van der Waals surface area contributed by atoms with Crippen LogP contribution in [-0.2, 0) is 17.7 Å². The second-order valence-electron chi connectivity index (χ2n) is 3.75. The number of aryl methyl sites for hydroxylation is 1. The van der Waals surface area contributed by atoms with Crippen molar-refractivity contribution in [1.82, 2.24) is 14.8 Å². The number of rotatable bonds is 8. The van der Waals surface area contributed by atoms with Crippen LogP contribution in [0.15, 0.2) is 6.33 Å². The van der Waals surface area contributed by atoms with Gasteiger partial charge in [0.1, 0.15) is 12.2 Å². The third-order valence-corrected chi connectivity index (χ3v) is 2.36. The number of hydrogen-bond donors (Lipinski definition) is 1. The standard InChI is InChI=1S/C11H21N3O2/c1-3-6-16-7-5-10(15)8-11-12-9-13-14(11)4-2/h9-10,15H,3-8H2,1-2H3. The Morgan fingerprint density at radius 1 is 1.44 bits per heavy atom. The second-order valence-corrected chi connectivity index (χ2v) is 3.75. The molecule has 5 heteroatoms. The molecule has 0 bridgehead atoms. The van der Waals surface area contributed by atoms with Crippen LogP contribution in [0.3, 0.4) is 0 Å². The van der Waals surface area contributed by atoms with Crippen LogP contribution in [0, 0.1) is 0 Å². The van der Waals surface area contributed by atoms with Gasteiger partial charge in [-0.1, -0.05) is 6.92 Å². The lowest BCUT2D eigenvalue weighted by Gasteiger charge is -2.10. The van der Waals surface area contributed by atoms with Crippen LogP contribution in [0.4, 0.5) is 0 Å². The molecule has 16 heavy (non-hydrogen) atoms. The van der Waals surface area contributed by atoms with E-state index in [0.29, 0.717) is 19.4 Å². The van der Waals surface area contributed by atoms with Gasteiger partial charge in [-0.05, 0) is 19.8 Å². The fraction of sp³-hybridized carbons (Fsp3) is 0.818. The first-order chi connectivity index (χ1) is 7.77. The molecule has 0 aliphatic carbocycles. The smallest absolute Gasteiger partial charge is 0.138 e. The molecule has 0 saturated carbocycles. The lowest BCUT2D eigenvalue weighted by atomic mass is 10.2. The molecule has 1 unspecified atom stereocenters. The van der Waals surface area contributed by atoms with Crippen molar-refractivity contribution in [2.75, 3.05) is 13.2 Å². The first-order valence-electron chi connectivity index (χ1n) is 5.90. The van der Waals surface area contributed by atoms with Crippen LogP contribution in [0.25, 0.3) is 0 Å². The van der Waals surface area contributed by atoms with Crippen molar-refractivity contribution < 1.29 is 9.84 Å². The predicted octanol–water partition coefficient (Wildman–Crippen LogP) is 1.02. The average Bonchev–Trinajstić information content (AvgIpc) is 2.71. The summed E-state index contributed by atoms with van der Waals surface area (Å²) in [5.74, 6) is 0.838. The quantitative estimate of drug-likeness (QED) is 0.674. The molecule has 0 radical (unpaired) electrons. The molecule has 1 N–H and O–H groups in total. The van der Waals surface area contributed by atoms with E-state index >= 15 is 0 Å². The van der Waals surface area contributed by atoms with Crippen molar-refractivity contribution in [3.05, 3.63) is 12.2 Å². The zero-order chi connectivity index (χ0) is 11.8. The van der Waals surface area contributed by atoms with E-state index < -0.39 is 6.10 Å². The van der Waals surface area contributed by atoms with Gasteiger partial charge in [-0.25, -0.2) is 4.98 Å². The Morgan fingerprint density at radius 3 is 2.94 bits per heavy atom. The van der Waals surface area contributed by atoms with Crippen LogP contribution >= 0.6 is 0 Å². The third-order valence-electron chi connectivity index (χ3n) is 2.36. The lowest BCUT2D eigenvalue weighted by Crippen LogP contribution is -2.17. The zero-order valence-electron chi connectivity index (χ0n) is 10.1. The summed E-state index contributed by atoms with van der Waals surface area (Å²) in [5.41, 5.74) is 0. The number of hydrogen-bond acceptors (Lipinski definition) is 4. The Bertz CT molecular complexity index is 289. The maximum atomic E-state index is 9.78. The van der Waals surface area contributed by atoms with Gasteiger partial charge in [0.05, 0.1) is 6.10 Å². The Morgan fingerprint density at radius 2 is 2.25 bits per heavy atom. The van der Waals surface area contributed by atoms with E-state index in [2.05, 4.69) is 17.0 Å². The molecule has 0 spiro atoms. The number of ether oxygens (including phenoxy) is 1. The Hall–Kier alpha value is -0.940. The van der Waals surface area contributed by atoms with Gasteiger partial charge in [0.2, 0.25) is 0 Å². The highest BCUT2D eigenvalue weighted by molar-refractivity contribution is 4.87. The van der Waals surface area contributed by atoms with E-state index in [0.717, 1.165) is 25.4 Å². The minimum atomic E-state index is -0.397. The number of nitrogens with zero attached hydrogens (tertiary/aromatic N) is 3. The monoisotopic (exact) mass is 227 g/mol. The summed E-state index contributed by atoms with van der Waals surface area (Å²) in [6.45, 7) is 6.23. The second kappa shape index (κ2) is 7.35. The third kappa shape index (κ3) is 4.28. The van der Waals surface area contributed by atoms with Crippen LogP contribution in [-0.4, -0.2) is 39.2 Å². The van der Waals surface area contributed by atoms with Gasteiger partial charge in [0.15, 0.2) is 0 Å². The van der Waals surface area contributed by atoms with Crippen molar-refractivity contribution >= 4 is 0 Å². The first kappa shape index (κ1) is 13.1. The van der Waals surface area contributed by atoms with Gasteiger partial charge in [0.25, 0.3) is 0 Å². The van der Waals surface area contributed by atoms with E-state index in [1.165, 1.54) is 6.33 Å². The molecule has 1 atom stereocenters. The predicted molar refractivity (Wildman–Crippen MR) is 61.1 cm³/mol. The highest BCUT2D eigenvalue weighted by atomic mass is 16.5. The summed E-state index contributed by atoms with van der Waals surface area (Å²) in [6, 6.07) is 0. The van der Waals surface area contributed by atoms with Crippen molar-refractivity contribution in [2.45, 2.75) is 45.8 Å². The van der Waals surface area contributed by atoms with E-state index in [1.807, 2.05) is 6.92 Å². The highest BCUT2D eigenvalue weighted by Crippen LogP contribution is 2.03. The molecule has 5 nitrogen and oxygen atoms in total. The van der Waals surface area contributed by atoms with Gasteiger partial charge in [0, 0.05) is 26.2 Å². The molecule has 0 aliphatic rings. The van der Waals surface area contributed by atoms with E-state index in [-0.39, 0.29) is 0 Å². The van der Waals surface area contributed by atoms with E-state index in [4.69, 9.17) is 4.74 Å². The molecule has 0 fully saturated rings. The van der Waals surface area contributed by atoms with Crippen molar-refractivity contribution in [2.24, 2.45) is 0 Å². The van der Waals surface area contributed by atoms with Gasteiger partial charge in [-0.15, -0.1) is 0 Å². The molecule has 92 valence electrons. The molecule has 1 aromatic heterocycles. The number of aliphatic hydroxyl groups is 1. The minimum absolute atomic E-state index is 0.397. The van der Waals surface area contributed by atoms with Crippen molar-refractivity contribution in [1.29, 1.82) is 0 Å². The normalized spacial score (nSPS) is 12.9. The lowest BCUT2D eigenvalue weighted by molar-refractivity contribution is 0.0810. The van der Waals surface area contributed by atoms with Crippen LogP contribution in [0.1, 0.15) is 32.5 Å². The Balaban J connectivity index is 2.25. The highest BCUT2D eigenvalue weighted by Gasteiger charge is 2.10. The largest absolute Gasteiger partial charge is 0.393 e. The van der Waals surface area contributed by atoms with E-state index in [9.17, 15) is 5.11 Å². The molecule has 0 amide bonds. The molecule has 0 aromatic carbocycles. The first-order valence-corrected chi connectivity index (χ1v) is 5.90. The molecule has 1 rings (SSSR count). The van der Waals surface area contributed by atoms with Gasteiger partial charge in [-0.3, -0.25) is 4.68 Å². The van der Waals surface area contributed by atoms with Crippen molar-refractivity contribution in [3.8, 4) is 0 Å². The zero-order valence-corrected chi connectivity index (χ0v) is 10.1. The van der Waals surface area contributed by atoms with E-state index in [1.54, 1.807) is 4.68 Å². The summed E-state index contributed by atoms with van der Waals surface area (Å²) in [5, 5.41) is 13.8. The molecular formula is C11H21N3O2.